The maximum absolute atomic E-state index is 10.8. The number of hydroxylamine groups is 4. The van der Waals surface area contributed by atoms with Gasteiger partial charge in [0.2, 0.25) is 0 Å². The molecule has 0 aromatic rings. The molecular weight excluding hydrogens is 348 g/mol. The third-order valence-corrected chi connectivity index (χ3v) is 1.45. The van der Waals surface area contributed by atoms with Gasteiger partial charge in [-0.25, -0.2) is 0 Å². The van der Waals surface area contributed by atoms with E-state index in [1.54, 1.807) is 0 Å². The monoisotopic (exact) mass is 364 g/mol. The second kappa shape index (κ2) is 10.9. The van der Waals surface area contributed by atoms with Gasteiger partial charge in [0, 0.05) is 50.0 Å². The molecule has 12 heteroatoms. The van der Waals surface area contributed by atoms with Crippen molar-refractivity contribution in [3.8, 4) is 0 Å². The van der Waals surface area contributed by atoms with Crippen molar-refractivity contribution in [3.05, 3.63) is 0 Å². The number of rotatable bonds is 7. The van der Waals surface area contributed by atoms with Crippen molar-refractivity contribution in [2.75, 3.05) is 6.54 Å². The Morgan fingerprint density at radius 3 is 1.41 bits per heavy atom. The molecule has 0 bridgehead atoms. The van der Waals surface area contributed by atoms with Gasteiger partial charge in [-0.05, 0) is 0 Å². The Hall–Kier alpha value is -1.72. The molecule has 0 aromatic carbocycles. The van der Waals surface area contributed by atoms with Crippen LogP contribution in [0, 0.1) is 0 Å². The minimum Gasteiger partial charge on any atom is -0.371 e. The van der Waals surface area contributed by atoms with Crippen LogP contribution in [0.3, 0.4) is 0 Å². The number of aliphatic hydroxyl groups excluding tert-OH is 1. The first kappa shape index (κ1) is 22.6. The van der Waals surface area contributed by atoms with Gasteiger partial charge in [0.05, 0.1) is 5.23 Å². The van der Waals surface area contributed by atoms with Crippen LogP contribution in [0.2, 0.25) is 0 Å². The zero-order valence-corrected chi connectivity index (χ0v) is 13.3. The Labute approximate surface area is 136 Å². The number of aliphatic hydroxyl groups is 1. The SMILES string of the molecule is CC(=O)ON(CC(O)N(OC(C)=O)OC(C)=O)OC(C)=O.[Fe]. The van der Waals surface area contributed by atoms with Crippen LogP contribution in [0.4, 0.5) is 0 Å². The van der Waals surface area contributed by atoms with Gasteiger partial charge in [0.1, 0.15) is 6.54 Å². The summed E-state index contributed by atoms with van der Waals surface area (Å²) in [7, 11) is 0. The van der Waals surface area contributed by atoms with Gasteiger partial charge < -0.3 is 24.5 Å². The molecular formula is C10H16FeN2O9. The van der Waals surface area contributed by atoms with E-state index >= 15 is 0 Å². The molecule has 128 valence electrons. The summed E-state index contributed by atoms with van der Waals surface area (Å²) in [6.07, 6.45) is -1.79. The average molecular weight is 364 g/mol. The van der Waals surface area contributed by atoms with Crippen molar-refractivity contribution in [3.63, 3.8) is 0 Å². The van der Waals surface area contributed by atoms with Crippen LogP contribution >= 0.6 is 0 Å². The molecule has 0 aliphatic heterocycles. The molecule has 0 saturated carbocycles. The molecule has 0 radical (unpaired) electrons. The zero-order valence-electron chi connectivity index (χ0n) is 12.2. The van der Waals surface area contributed by atoms with Crippen molar-refractivity contribution in [1.29, 1.82) is 0 Å². The second-order valence-corrected chi connectivity index (χ2v) is 3.61. The smallest absolute Gasteiger partial charge is 0.326 e. The molecule has 0 amide bonds. The van der Waals surface area contributed by atoms with E-state index in [-0.39, 0.29) is 22.3 Å². The van der Waals surface area contributed by atoms with E-state index in [1.807, 2.05) is 0 Å². The van der Waals surface area contributed by atoms with Gasteiger partial charge >= 0.3 is 23.9 Å². The fraction of sp³-hybridized carbons (Fsp3) is 0.600. The number of nitrogens with zero attached hydrogens (tertiary/aromatic N) is 2. The summed E-state index contributed by atoms with van der Waals surface area (Å²) in [5.74, 6) is -3.45. The number of hydrogen-bond acceptors (Lipinski definition) is 11. The first-order chi connectivity index (χ1) is 9.61. The zero-order chi connectivity index (χ0) is 16.6. The quantitative estimate of drug-likeness (QED) is 0.332. The summed E-state index contributed by atoms with van der Waals surface area (Å²) in [6, 6.07) is 0. The second-order valence-electron chi connectivity index (χ2n) is 3.61. The van der Waals surface area contributed by atoms with E-state index < -0.39 is 36.6 Å². The summed E-state index contributed by atoms with van der Waals surface area (Å²) in [4.78, 5) is 61.1. The van der Waals surface area contributed by atoms with E-state index in [0.717, 1.165) is 27.7 Å². The maximum atomic E-state index is 10.8. The summed E-state index contributed by atoms with van der Waals surface area (Å²) >= 11 is 0. The van der Waals surface area contributed by atoms with Crippen LogP contribution in [0.1, 0.15) is 27.7 Å². The van der Waals surface area contributed by atoms with E-state index in [2.05, 4.69) is 19.4 Å². The molecule has 0 saturated heterocycles. The van der Waals surface area contributed by atoms with E-state index in [9.17, 15) is 24.3 Å². The van der Waals surface area contributed by atoms with E-state index in [0.29, 0.717) is 5.23 Å². The maximum Gasteiger partial charge on any atom is 0.326 e. The predicted molar refractivity (Wildman–Crippen MR) is 61.6 cm³/mol. The molecule has 0 fully saturated rings. The fourth-order valence-corrected chi connectivity index (χ4v) is 0.974. The molecule has 11 nitrogen and oxygen atoms in total. The number of carbonyl (C=O) groups excluding carboxylic acids is 4. The van der Waals surface area contributed by atoms with Crippen molar-refractivity contribution >= 4 is 23.9 Å². The van der Waals surface area contributed by atoms with Gasteiger partial charge in [-0.1, -0.05) is 0 Å². The molecule has 0 spiro atoms. The fourth-order valence-electron chi connectivity index (χ4n) is 0.974. The normalized spacial score (nSPS) is 11.2. The van der Waals surface area contributed by atoms with E-state index in [1.165, 1.54) is 0 Å². The largest absolute Gasteiger partial charge is 0.371 e. The van der Waals surface area contributed by atoms with Crippen LogP contribution in [0.25, 0.3) is 0 Å². The van der Waals surface area contributed by atoms with Crippen LogP contribution in [-0.2, 0) is 55.6 Å². The summed E-state index contributed by atoms with van der Waals surface area (Å²) < 4.78 is 0. The van der Waals surface area contributed by atoms with Crippen LogP contribution in [0.15, 0.2) is 0 Å². The predicted octanol–water partition coefficient (Wildman–Crippen LogP) is -1.18. The molecule has 1 unspecified atom stereocenters. The molecule has 0 aromatic heterocycles. The van der Waals surface area contributed by atoms with Crippen molar-refractivity contribution in [2.24, 2.45) is 0 Å². The Balaban J connectivity index is 0. The Morgan fingerprint density at radius 1 is 0.818 bits per heavy atom. The number of hydrogen-bond donors (Lipinski definition) is 1. The van der Waals surface area contributed by atoms with Gasteiger partial charge in [-0.15, -0.1) is 0 Å². The molecule has 1 atom stereocenters. The molecule has 0 heterocycles. The van der Waals surface area contributed by atoms with Crippen LogP contribution < -0.4 is 0 Å². The molecule has 0 rings (SSSR count). The summed E-state index contributed by atoms with van der Waals surface area (Å²) in [5.41, 5.74) is 0. The van der Waals surface area contributed by atoms with Crippen molar-refractivity contribution < 1.29 is 60.7 Å². The minimum absolute atomic E-state index is 0. The molecule has 0 aliphatic rings. The molecule has 1 N–H and O–H groups in total. The standard InChI is InChI=1S/C10H16N2O9.Fe/c1-6(13)18-11(19-7(2)14)5-10(17)12(20-8(3)15)21-9(4)16;/h10,17H,5H2,1-4H3;. The Bertz CT molecular complexity index is 385. The van der Waals surface area contributed by atoms with Crippen molar-refractivity contribution in [1.82, 2.24) is 10.5 Å². The molecule has 0 aliphatic carbocycles. The summed E-state index contributed by atoms with van der Waals surface area (Å²) in [6.45, 7) is 3.37. The van der Waals surface area contributed by atoms with Gasteiger partial charge in [0.25, 0.3) is 0 Å². The van der Waals surface area contributed by atoms with Gasteiger partial charge in [0.15, 0.2) is 6.23 Å². The average Bonchev–Trinajstić information content (AvgIpc) is 2.24. The topological polar surface area (TPSA) is 132 Å². The van der Waals surface area contributed by atoms with E-state index in [4.69, 9.17) is 0 Å². The Morgan fingerprint density at radius 2 is 1.14 bits per heavy atom. The first-order valence-electron chi connectivity index (χ1n) is 5.60. The Kier molecular flexibility index (Phi) is 11.2. The summed E-state index contributed by atoms with van der Waals surface area (Å²) in [5, 5.41) is 10.3. The third kappa shape index (κ3) is 11.0. The molecule has 22 heavy (non-hydrogen) atoms. The third-order valence-electron chi connectivity index (χ3n) is 1.45. The minimum atomic E-state index is -1.79. The first-order valence-corrected chi connectivity index (χ1v) is 5.60. The van der Waals surface area contributed by atoms with Gasteiger partial charge in [-0.2, -0.15) is 0 Å². The number of carbonyl (C=O) groups is 4. The van der Waals surface area contributed by atoms with Crippen LogP contribution in [0.5, 0.6) is 0 Å². The van der Waals surface area contributed by atoms with Gasteiger partial charge in [-0.3, -0.25) is 19.2 Å². The van der Waals surface area contributed by atoms with Crippen LogP contribution in [-0.4, -0.2) is 52.2 Å². The van der Waals surface area contributed by atoms with Crippen molar-refractivity contribution in [2.45, 2.75) is 33.9 Å².